The highest BCUT2D eigenvalue weighted by Gasteiger charge is 2.01. The number of nitrogens with zero attached hydrogens (tertiary/aromatic N) is 5. The molecule has 7 nitrogen and oxygen atoms in total. The molecule has 0 spiro atoms. The first-order valence-electron chi connectivity index (χ1n) is 8.20. The van der Waals surface area contributed by atoms with Gasteiger partial charge in [0.25, 0.3) is 0 Å². The van der Waals surface area contributed by atoms with Crippen LogP contribution in [0.25, 0.3) is 5.82 Å². The van der Waals surface area contributed by atoms with E-state index in [-0.39, 0.29) is 0 Å². The highest BCUT2D eigenvalue weighted by Crippen LogP contribution is 2.08. The molecule has 128 valence electrons. The molecule has 0 aliphatic heterocycles. The minimum absolute atomic E-state index is 0.557. The lowest BCUT2D eigenvalue weighted by Crippen LogP contribution is -2.37. The van der Waals surface area contributed by atoms with Gasteiger partial charge in [0.1, 0.15) is 12.1 Å². The predicted octanol–water partition coefficient (Wildman–Crippen LogP) is 1.92. The molecule has 0 saturated carbocycles. The highest BCUT2D eigenvalue weighted by molar-refractivity contribution is 5.79. The Kier molecular flexibility index (Phi) is 5.71. The first-order valence-corrected chi connectivity index (χ1v) is 8.20. The predicted molar refractivity (Wildman–Crippen MR) is 97.3 cm³/mol. The average molecular weight is 335 g/mol. The number of pyridine rings is 2. The van der Waals surface area contributed by atoms with E-state index in [1.54, 1.807) is 24.9 Å². The van der Waals surface area contributed by atoms with Gasteiger partial charge in [-0.3, -0.25) is 9.55 Å². The summed E-state index contributed by atoms with van der Waals surface area (Å²) in [6, 6.07) is 9.84. The second-order valence-electron chi connectivity index (χ2n) is 5.36. The van der Waals surface area contributed by atoms with Gasteiger partial charge in [-0.2, -0.15) is 0 Å². The molecule has 0 saturated heterocycles. The van der Waals surface area contributed by atoms with Crippen molar-refractivity contribution in [3.05, 3.63) is 72.7 Å². The van der Waals surface area contributed by atoms with Gasteiger partial charge in [-0.25, -0.2) is 15.0 Å². The summed E-state index contributed by atoms with van der Waals surface area (Å²) in [5.74, 6) is 1.59. The van der Waals surface area contributed by atoms with Gasteiger partial charge < -0.3 is 10.6 Å². The summed E-state index contributed by atoms with van der Waals surface area (Å²) in [4.78, 5) is 17.3. The van der Waals surface area contributed by atoms with Gasteiger partial charge in [-0.15, -0.1) is 0 Å². The van der Waals surface area contributed by atoms with Gasteiger partial charge in [0.2, 0.25) is 0 Å². The van der Waals surface area contributed by atoms with Crippen LogP contribution in [0.5, 0.6) is 0 Å². The van der Waals surface area contributed by atoms with Gasteiger partial charge in [0, 0.05) is 31.3 Å². The zero-order valence-electron chi connectivity index (χ0n) is 14.1. The Morgan fingerprint density at radius 1 is 1.12 bits per heavy atom. The van der Waals surface area contributed by atoms with E-state index in [9.17, 15) is 0 Å². The maximum absolute atomic E-state index is 4.64. The van der Waals surface area contributed by atoms with Crippen LogP contribution in [-0.4, -0.2) is 32.0 Å². The Morgan fingerprint density at radius 3 is 2.84 bits per heavy atom. The normalized spacial score (nSPS) is 11.3. The van der Waals surface area contributed by atoms with Gasteiger partial charge >= 0.3 is 0 Å². The quantitative estimate of drug-likeness (QED) is 0.531. The third-order valence-electron chi connectivity index (χ3n) is 3.51. The molecule has 0 aliphatic rings. The van der Waals surface area contributed by atoms with E-state index < -0.39 is 0 Å². The lowest BCUT2D eigenvalue weighted by Gasteiger charge is -2.11. The zero-order valence-corrected chi connectivity index (χ0v) is 14.1. The molecule has 7 heteroatoms. The molecule has 3 rings (SSSR count). The second-order valence-corrected chi connectivity index (χ2v) is 5.36. The molecule has 2 N–H and O–H groups in total. The first-order chi connectivity index (χ1) is 12.3. The van der Waals surface area contributed by atoms with E-state index >= 15 is 0 Å². The van der Waals surface area contributed by atoms with Crippen molar-refractivity contribution in [3.63, 3.8) is 0 Å². The number of imidazole rings is 1. The largest absolute Gasteiger partial charge is 0.357 e. The minimum Gasteiger partial charge on any atom is -0.357 e. The molecule has 3 aromatic heterocycles. The SMILES string of the molecule is CCNC(=NCc1ccnc(-n2ccnc2)c1)NCc1ccccn1. The Bertz CT molecular complexity index is 797. The highest BCUT2D eigenvalue weighted by atomic mass is 15.2. The number of hydrogen-bond acceptors (Lipinski definition) is 4. The van der Waals surface area contributed by atoms with Crippen LogP contribution in [-0.2, 0) is 13.1 Å². The van der Waals surface area contributed by atoms with Crippen LogP contribution in [0.1, 0.15) is 18.2 Å². The van der Waals surface area contributed by atoms with Gasteiger partial charge in [0.05, 0.1) is 18.8 Å². The van der Waals surface area contributed by atoms with Crippen LogP contribution in [0.4, 0.5) is 0 Å². The van der Waals surface area contributed by atoms with Gasteiger partial charge in [-0.1, -0.05) is 6.07 Å². The molecule has 0 unspecified atom stereocenters. The van der Waals surface area contributed by atoms with Gasteiger partial charge in [-0.05, 0) is 36.8 Å². The summed E-state index contributed by atoms with van der Waals surface area (Å²) in [7, 11) is 0. The summed E-state index contributed by atoms with van der Waals surface area (Å²) < 4.78 is 1.87. The summed E-state index contributed by atoms with van der Waals surface area (Å²) >= 11 is 0. The van der Waals surface area contributed by atoms with E-state index in [0.29, 0.717) is 13.1 Å². The molecule has 0 fully saturated rings. The standard InChI is InChI=1S/C18H21N7/c1-2-20-18(24-13-16-5-3-4-7-21-16)23-12-15-6-8-22-17(11-15)25-10-9-19-14-25/h3-11,14H,2,12-13H2,1H3,(H2,20,23,24). The maximum atomic E-state index is 4.64. The molecule has 0 bridgehead atoms. The minimum atomic E-state index is 0.557. The summed E-state index contributed by atoms with van der Waals surface area (Å²) in [5, 5.41) is 6.54. The third-order valence-corrected chi connectivity index (χ3v) is 3.51. The molecule has 3 aromatic rings. The molecular formula is C18H21N7. The maximum Gasteiger partial charge on any atom is 0.191 e. The number of aromatic nitrogens is 4. The van der Waals surface area contributed by atoms with E-state index in [0.717, 1.165) is 29.6 Å². The number of rotatable bonds is 6. The van der Waals surface area contributed by atoms with Crippen molar-refractivity contribution < 1.29 is 0 Å². The second kappa shape index (κ2) is 8.58. The topological polar surface area (TPSA) is 80.0 Å². The Balaban J connectivity index is 1.66. The zero-order chi connectivity index (χ0) is 17.3. The van der Waals surface area contributed by atoms with Crippen molar-refractivity contribution in [2.45, 2.75) is 20.0 Å². The molecule has 0 atom stereocenters. The van der Waals surface area contributed by atoms with E-state index in [1.165, 1.54) is 0 Å². The lowest BCUT2D eigenvalue weighted by atomic mass is 10.2. The van der Waals surface area contributed by atoms with E-state index in [4.69, 9.17) is 0 Å². The Hall–Kier alpha value is -3.22. The first kappa shape index (κ1) is 16.6. The number of nitrogens with one attached hydrogen (secondary N) is 2. The van der Waals surface area contributed by atoms with Crippen LogP contribution < -0.4 is 10.6 Å². The van der Waals surface area contributed by atoms with Crippen LogP contribution >= 0.6 is 0 Å². The van der Waals surface area contributed by atoms with Crippen molar-refractivity contribution in [2.24, 2.45) is 4.99 Å². The third kappa shape index (κ3) is 4.87. The number of guanidine groups is 1. The Morgan fingerprint density at radius 2 is 2.08 bits per heavy atom. The molecule has 0 aromatic carbocycles. The number of hydrogen-bond donors (Lipinski definition) is 2. The van der Waals surface area contributed by atoms with Crippen LogP contribution in [0.3, 0.4) is 0 Å². The summed E-state index contributed by atoms with van der Waals surface area (Å²) in [6.45, 7) is 4.03. The van der Waals surface area contributed by atoms with Crippen molar-refractivity contribution >= 4 is 5.96 Å². The fourth-order valence-corrected chi connectivity index (χ4v) is 2.28. The monoisotopic (exact) mass is 335 g/mol. The molecular weight excluding hydrogens is 314 g/mol. The van der Waals surface area contributed by atoms with Crippen LogP contribution in [0, 0.1) is 0 Å². The molecule has 3 heterocycles. The molecule has 0 aliphatic carbocycles. The van der Waals surface area contributed by atoms with Crippen LogP contribution in [0.2, 0.25) is 0 Å². The van der Waals surface area contributed by atoms with E-state index in [1.807, 2.05) is 48.0 Å². The molecule has 0 amide bonds. The smallest absolute Gasteiger partial charge is 0.191 e. The van der Waals surface area contributed by atoms with Crippen molar-refractivity contribution in [3.8, 4) is 5.82 Å². The summed E-state index contributed by atoms with van der Waals surface area (Å²) in [6.07, 6.45) is 8.91. The van der Waals surface area contributed by atoms with Crippen molar-refractivity contribution in [1.82, 2.24) is 30.2 Å². The fraction of sp³-hybridized carbons (Fsp3) is 0.222. The van der Waals surface area contributed by atoms with E-state index in [2.05, 4.69) is 30.6 Å². The van der Waals surface area contributed by atoms with Crippen molar-refractivity contribution in [1.29, 1.82) is 0 Å². The molecule has 25 heavy (non-hydrogen) atoms. The average Bonchev–Trinajstić information content (AvgIpc) is 3.20. The lowest BCUT2D eigenvalue weighted by molar-refractivity contribution is 0.799. The Labute approximate surface area is 146 Å². The van der Waals surface area contributed by atoms with Gasteiger partial charge in [0.15, 0.2) is 5.96 Å². The fourth-order valence-electron chi connectivity index (χ4n) is 2.28. The number of aliphatic imine (C=N–C) groups is 1. The van der Waals surface area contributed by atoms with Crippen LogP contribution in [0.15, 0.2) is 66.4 Å². The summed E-state index contributed by atoms with van der Waals surface area (Å²) in [5.41, 5.74) is 2.05. The van der Waals surface area contributed by atoms with Crippen molar-refractivity contribution in [2.75, 3.05) is 6.54 Å². The molecule has 0 radical (unpaired) electrons.